The normalized spacial score (nSPS) is 10.2. The van der Waals surface area contributed by atoms with E-state index in [1.54, 1.807) is 0 Å². The summed E-state index contributed by atoms with van der Waals surface area (Å²) in [5.74, 6) is 0.125. The Morgan fingerprint density at radius 2 is 1.85 bits per heavy atom. The lowest BCUT2D eigenvalue weighted by atomic mass is 10.3. The third-order valence-electron chi connectivity index (χ3n) is 3.30. The molecule has 0 aromatic carbocycles. The molecule has 0 radical (unpaired) electrons. The fourth-order valence-electron chi connectivity index (χ4n) is 1.89. The van der Waals surface area contributed by atoms with Gasteiger partial charge in [-0.2, -0.15) is 0 Å². The van der Waals surface area contributed by atoms with E-state index in [1.165, 1.54) is 5.56 Å². The SMILES string of the molecule is CCN(CC)CCNC(=O)CC[n+]1ccc(C)cc1.[Br-]. The van der Waals surface area contributed by atoms with Crippen LogP contribution < -0.4 is 26.9 Å². The summed E-state index contributed by atoms with van der Waals surface area (Å²) in [6, 6.07) is 4.11. The molecule has 1 rings (SSSR count). The molecule has 114 valence electrons. The van der Waals surface area contributed by atoms with Crippen LogP contribution in [0.1, 0.15) is 25.8 Å². The molecular formula is C15H26BrN3O. The van der Waals surface area contributed by atoms with Crippen LogP contribution in [0.25, 0.3) is 0 Å². The average molecular weight is 344 g/mol. The number of likely N-dealkylation sites (N-methyl/N-ethyl adjacent to an activating group) is 1. The van der Waals surface area contributed by atoms with Gasteiger partial charge < -0.3 is 27.2 Å². The van der Waals surface area contributed by atoms with Gasteiger partial charge in [-0.3, -0.25) is 4.79 Å². The molecule has 0 aliphatic carbocycles. The number of amides is 1. The van der Waals surface area contributed by atoms with Gasteiger partial charge in [0.15, 0.2) is 18.9 Å². The van der Waals surface area contributed by atoms with Crippen molar-refractivity contribution in [1.29, 1.82) is 0 Å². The topological polar surface area (TPSA) is 36.2 Å². The number of rotatable bonds is 8. The minimum atomic E-state index is 0. The lowest BCUT2D eigenvalue weighted by Crippen LogP contribution is -3.00. The van der Waals surface area contributed by atoms with Crippen LogP contribution in [0.5, 0.6) is 0 Å². The van der Waals surface area contributed by atoms with Crippen molar-refractivity contribution in [3.05, 3.63) is 30.1 Å². The quantitative estimate of drug-likeness (QED) is 0.562. The highest BCUT2D eigenvalue weighted by molar-refractivity contribution is 5.75. The summed E-state index contributed by atoms with van der Waals surface area (Å²) in [6.07, 6.45) is 4.56. The van der Waals surface area contributed by atoms with E-state index in [4.69, 9.17) is 0 Å². The molecule has 0 unspecified atom stereocenters. The highest BCUT2D eigenvalue weighted by Crippen LogP contribution is 1.91. The van der Waals surface area contributed by atoms with E-state index < -0.39 is 0 Å². The zero-order valence-corrected chi connectivity index (χ0v) is 14.3. The Bertz CT molecular complexity index is 377. The molecule has 0 saturated heterocycles. The van der Waals surface area contributed by atoms with E-state index >= 15 is 0 Å². The fourth-order valence-corrected chi connectivity index (χ4v) is 1.89. The van der Waals surface area contributed by atoms with Crippen molar-refractivity contribution in [2.75, 3.05) is 26.2 Å². The lowest BCUT2D eigenvalue weighted by molar-refractivity contribution is -0.695. The summed E-state index contributed by atoms with van der Waals surface area (Å²) in [6.45, 7) is 10.8. The number of nitrogens with one attached hydrogen (secondary N) is 1. The summed E-state index contributed by atoms with van der Waals surface area (Å²) >= 11 is 0. The highest BCUT2D eigenvalue weighted by atomic mass is 79.9. The van der Waals surface area contributed by atoms with Gasteiger partial charge in [-0.25, -0.2) is 4.57 Å². The summed E-state index contributed by atoms with van der Waals surface area (Å²) < 4.78 is 2.04. The molecule has 20 heavy (non-hydrogen) atoms. The molecule has 0 atom stereocenters. The Kier molecular flexibility index (Phi) is 10.3. The first-order valence-electron chi connectivity index (χ1n) is 7.10. The highest BCUT2D eigenvalue weighted by Gasteiger charge is 2.06. The molecule has 1 N–H and O–H groups in total. The Hall–Kier alpha value is -0.940. The van der Waals surface area contributed by atoms with Crippen molar-refractivity contribution in [3.63, 3.8) is 0 Å². The van der Waals surface area contributed by atoms with E-state index in [2.05, 4.69) is 43.1 Å². The average Bonchev–Trinajstić information content (AvgIpc) is 2.43. The van der Waals surface area contributed by atoms with Crippen LogP contribution in [0.2, 0.25) is 0 Å². The van der Waals surface area contributed by atoms with Gasteiger partial charge >= 0.3 is 0 Å². The molecule has 1 aromatic heterocycles. The Balaban J connectivity index is 0.00000361. The second-order valence-corrected chi connectivity index (χ2v) is 4.74. The molecule has 1 amide bonds. The molecule has 0 bridgehead atoms. The third-order valence-corrected chi connectivity index (χ3v) is 3.30. The van der Waals surface area contributed by atoms with Crippen LogP contribution >= 0.6 is 0 Å². The third kappa shape index (κ3) is 7.60. The molecule has 0 aliphatic rings. The van der Waals surface area contributed by atoms with Gasteiger partial charge in [-0.05, 0) is 25.6 Å². The summed E-state index contributed by atoms with van der Waals surface area (Å²) in [7, 11) is 0. The van der Waals surface area contributed by atoms with Crippen molar-refractivity contribution in [1.82, 2.24) is 10.2 Å². The molecule has 0 spiro atoms. The Morgan fingerprint density at radius 3 is 2.40 bits per heavy atom. The van der Waals surface area contributed by atoms with Crippen molar-refractivity contribution < 1.29 is 26.3 Å². The first-order valence-corrected chi connectivity index (χ1v) is 7.10. The Labute approximate surface area is 132 Å². The number of aromatic nitrogens is 1. The maximum atomic E-state index is 11.7. The van der Waals surface area contributed by atoms with E-state index in [-0.39, 0.29) is 22.9 Å². The second kappa shape index (κ2) is 10.8. The maximum absolute atomic E-state index is 11.7. The summed E-state index contributed by atoms with van der Waals surface area (Å²) in [5, 5.41) is 2.97. The van der Waals surface area contributed by atoms with Crippen LogP contribution in [0.15, 0.2) is 24.5 Å². The largest absolute Gasteiger partial charge is 1.00 e. The number of pyridine rings is 1. The zero-order chi connectivity index (χ0) is 14.1. The smallest absolute Gasteiger partial charge is 0.226 e. The molecule has 1 aromatic rings. The molecule has 4 nitrogen and oxygen atoms in total. The number of aryl methyl sites for hydroxylation is 2. The lowest BCUT2D eigenvalue weighted by Gasteiger charge is -2.17. The maximum Gasteiger partial charge on any atom is 0.226 e. The summed E-state index contributed by atoms with van der Waals surface area (Å²) in [5.41, 5.74) is 1.24. The van der Waals surface area contributed by atoms with Crippen molar-refractivity contribution >= 4 is 5.91 Å². The van der Waals surface area contributed by atoms with Crippen LogP contribution in [0.3, 0.4) is 0 Å². The van der Waals surface area contributed by atoms with E-state index in [0.29, 0.717) is 6.42 Å². The molecule has 0 aliphatic heterocycles. The van der Waals surface area contributed by atoms with Crippen molar-refractivity contribution in [3.8, 4) is 0 Å². The number of nitrogens with zero attached hydrogens (tertiary/aromatic N) is 2. The van der Waals surface area contributed by atoms with Crippen LogP contribution in [0, 0.1) is 6.92 Å². The molecule has 0 saturated carbocycles. The molecular weight excluding hydrogens is 318 g/mol. The van der Waals surface area contributed by atoms with Gasteiger partial charge in [0.05, 0.1) is 6.42 Å². The number of carbonyl (C=O) groups is 1. The molecule has 0 fully saturated rings. The first kappa shape index (κ1) is 19.1. The van der Waals surface area contributed by atoms with E-state index in [0.717, 1.165) is 32.7 Å². The number of halogens is 1. The zero-order valence-electron chi connectivity index (χ0n) is 12.7. The van der Waals surface area contributed by atoms with Crippen molar-refractivity contribution in [2.45, 2.75) is 33.7 Å². The molecule has 5 heteroatoms. The van der Waals surface area contributed by atoms with Crippen molar-refractivity contribution in [2.24, 2.45) is 0 Å². The fraction of sp³-hybridized carbons (Fsp3) is 0.600. The van der Waals surface area contributed by atoms with Gasteiger partial charge in [-0.15, -0.1) is 0 Å². The second-order valence-electron chi connectivity index (χ2n) is 4.74. The predicted molar refractivity (Wildman–Crippen MR) is 76.8 cm³/mol. The first-order chi connectivity index (χ1) is 9.15. The number of carbonyl (C=O) groups excluding carboxylic acids is 1. The van der Waals surface area contributed by atoms with Gasteiger partial charge in [0.25, 0.3) is 0 Å². The van der Waals surface area contributed by atoms with E-state index in [9.17, 15) is 4.79 Å². The minimum Gasteiger partial charge on any atom is -1.00 e. The molecule has 1 heterocycles. The van der Waals surface area contributed by atoms with Crippen LogP contribution in [0.4, 0.5) is 0 Å². The standard InChI is InChI=1S/C15H25N3O.BrH/c1-4-17(5-2)13-9-16-15(19)8-12-18-10-6-14(3)7-11-18;/h6-7,10-11H,4-5,8-9,12-13H2,1-3H3;1H. The number of hydrogen-bond donors (Lipinski definition) is 1. The van der Waals surface area contributed by atoms with Crippen LogP contribution in [-0.2, 0) is 11.3 Å². The van der Waals surface area contributed by atoms with Gasteiger partial charge in [0.1, 0.15) is 0 Å². The Morgan fingerprint density at radius 1 is 1.25 bits per heavy atom. The summed E-state index contributed by atoms with van der Waals surface area (Å²) in [4.78, 5) is 14.0. The predicted octanol–water partition coefficient (Wildman–Crippen LogP) is -1.87. The van der Waals surface area contributed by atoms with E-state index in [1.807, 2.05) is 17.0 Å². The monoisotopic (exact) mass is 343 g/mol. The minimum absolute atomic E-state index is 0. The van der Waals surface area contributed by atoms with Crippen LogP contribution in [-0.4, -0.2) is 37.0 Å². The van der Waals surface area contributed by atoms with Gasteiger partial charge in [0, 0.05) is 25.2 Å². The number of hydrogen-bond acceptors (Lipinski definition) is 2. The van der Waals surface area contributed by atoms with Gasteiger partial charge in [0.2, 0.25) is 5.91 Å². The van der Waals surface area contributed by atoms with Gasteiger partial charge in [-0.1, -0.05) is 13.8 Å².